The molecule has 5 heteroatoms. The van der Waals surface area contributed by atoms with Crippen molar-refractivity contribution in [3.8, 4) is 0 Å². The second-order valence-electron chi connectivity index (χ2n) is 5.99. The number of anilines is 1. The van der Waals surface area contributed by atoms with Gasteiger partial charge >= 0.3 is 0 Å². The Kier molecular flexibility index (Phi) is 6.59. The van der Waals surface area contributed by atoms with Crippen molar-refractivity contribution in [1.29, 1.82) is 0 Å². The maximum atomic E-state index is 12.9. The molecular formula is C20H23ClN2O2. The van der Waals surface area contributed by atoms with Crippen LogP contribution in [0.3, 0.4) is 0 Å². The number of amides is 2. The number of aryl methyl sites for hydroxylation is 1. The summed E-state index contributed by atoms with van der Waals surface area (Å²) in [5.41, 5.74) is 2.77. The molecule has 0 radical (unpaired) electrons. The molecule has 0 spiro atoms. The van der Waals surface area contributed by atoms with Crippen LogP contribution in [0.1, 0.15) is 37.4 Å². The van der Waals surface area contributed by atoms with Gasteiger partial charge < -0.3 is 10.2 Å². The Morgan fingerprint density at radius 3 is 2.48 bits per heavy atom. The first-order valence-electron chi connectivity index (χ1n) is 8.30. The molecule has 1 N–H and O–H groups in total. The van der Waals surface area contributed by atoms with Crippen molar-refractivity contribution in [2.45, 2.75) is 33.2 Å². The lowest BCUT2D eigenvalue weighted by molar-refractivity contribution is -0.121. The summed E-state index contributed by atoms with van der Waals surface area (Å²) in [5, 5.41) is 3.43. The smallest absolute Gasteiger partial charge is 0.229 e. The van der Waals surface area contributed by atoms with E-state index in [9.17, 15) is 9.59 Å². The van der Waals surface area contributed by atoms with Crippen LogP contribution >= 0.6 is 11.6 Å². The molecule has 0 aliphatic rings. The summed E-state index contributed by atoms with van der Waals surface area (Å²) in [6, 6.07) is 14.6. The first-order valence-corrected chi connectivity index (χ1v) is 8.68. The van der Waals surface area contributed by atoms with Gasteiger partial charge in [0, 0.05) is 24.2 Å². The fourth-order valence-corrected chi connectivity index (χ4v) is 3.00. The molecule has 0 saturated carbocycles. The summed E-state index contributed by atoms with van der Waals surface area (Å²) in [6.07, 6.45) is 0.168. The number of nitrogens with zero attached hydrogens (tertiary/aromatic N) is 1. The predicted octanol–water partition coefficient (Wildman–Crippen LogP) is 4.27. The molecule has 0 aliphatic heterocycles. The Hall–Kier alpha value is -2.33. The van der Waals surface area contributed by atoms with E-state index in [2.05, 4.69) is 5.32 Å². The lowest BCUT2D eigenvalue weighted by Crippen LogP contribution is -2.36. The molecule has 0 saturated heterocycles. The van der Waals surface area contributed by atoms with Crippen LogP contribution in [0.5, 0.6) is 0 Å². The van der Waals surface area contributed by atoms with Crippen LogP contribution in [-0.4, -0.2) is 18.4 Å². The highest BCUT2D eigenvalue weighted by Gasteiger charge is 2.22. The third kappa shape index (κ3) is 5.33. The average Bonchev–Trinajstić information content (AvgIpc) is 2.54. The van der Waals surface area contributed by atoms with Gasteiger partial charge in [-0.3, -0.25) is 9.59 Å². The molecule has 0 aromatic heterocycles. The number of nitrogens with one attached hydrogen (secondary N) is 1. The molecule has 2 rings (SSSR count). The molecule has 132 valence electrons. The van der Waals surface area contributed by atoms with Gasteiger partial charge in [-0.2, -0.15) is 0 Å². The minimum Gasteiger partial charge on any atom is -0.349 e. The molecular weight excluding hydrogens is 336 g/mol. The van der Waals surface area contributed by atoms with Gasteiger partial charge in [-0.15, -0.1) is 0 Å². The van der Waals surface area contributed by atoms with E-state index >= 15 is 0 Å². The number of carbonyl (C=O) groups is 2. The van der Waals surface area contributed by atoms with E-state index in [-0.39, 0.29) is 18.2 Å². The van der Waals surface area contributed by atoms with Crippen molar-refractivity contribution >= 4 is 29.1 Å². The lowest BCUT2D eigenvalue weighted by atomic mass is 10.0. The zero-order valence-electron chi connectivity index (χ0n) is 14.8. The number of hydrogen-bond acceptors (Lipinski definition) is 2. The highest BCUT2D eigenvalue weighted by atomic mass is 35.5. The Morgan fingerprint density at radius 2 is 1.88 bits per heavy atom. The Balaban J connectivity index is 2.24. The van der Waals surface area contributed by atoms with Crippen LogP contribution in [0.15, 0.2) is 48.5 Å². The van der Waals surface area contributed by atoms with Crippen molar-refractivity contribution in [3.63, 3.8) is 0 Å². The first-order chi connectivity index (χ1) is 11.9. The van der Waals surface area contributed by atoms with E-state index in [1.54, 1.807) is 17.0 Å². The van der Waals surface area contributed by atoms with Gasteiger partial charge in [0.25, 0.3) is 0 Å². The topological polar surface area (TPSA) is 49.4 Å². The minimum absolute atomic E-state index is 0.0492. The largest absolute Gasteiger partial charge is 0.349 e. The number of rotatable bonds is 6. The van der Waals surface area contributed by atoms with Crippen LogP contribution < -0.4 is 10.2 Å². The van der Waals surface area contributed by atoms with Crippen molar-refractivity contribution in [2.24, 2.45) is 0 Å². The molecule has 2 aromatic rings. The summed E-state index contributed by atoms with van der Waals surface area (Å²) < 4.78 is 0. The van der Waals surface area contributed by atoms with Gasteiger partial charge in [0.15, 0.2) is 0 Å². The highest BCUT2D eigenvalue weighted by molar-refractivity contribution is 6.30. The quantitative estimate of drug-likeness (QED) is 0.838. The Bertz CT molecular complexity index is 761. The standard InChI is InChI=1S/C20H23ClN2O2/c1-4-23(18-10-5-7-14(2)11-18)20(25)13-19(22-15(3)24)16-8-6-9-17(21)12-16/h5-12,19H,4,13H2,1-3H3,(H,22,24). The zero-order valence-corrected chi connectivity index (χ0v) is 15.5. The van der Waals surface area contributed by atoms with Crippen molar-refractivity contribution in [3.05, 3.63) is 64.7 Å². The third-order valence-corrected chi connectivity index (χ3v) is 4.17. The molecule has 0 bridgehead atoms. The van der Waals surface area contributed by atoms with Crippen LogP contribution in [0.4, 0.5) is 5.69 Å². The van der Waals surface area contributed by atoms with Gasteiger partial charge in [0.1, 0.15) is 0 Å². The number of hydrogen-bond donors (Lipinski definition) is 1. The lowest BCUT2D eigenvalue weighted by Gasteiger charge is -2.25. The predicted molar refractivity (Wildman–Crippen MR) is 102 cm³/mol. The summed E-state index contributed by atoms with van der Waals surface area (Å²) in [4.78, 5) is 26.2. The third-order valence-electron chi connectivity index (χ3n) is 3.94. The van der Waals surface area contributed by atoms with Gasteiger partial charge in [0.2, 0.25) is 11.8 Å². The van der Waals surface area contributed by atoms with Crippen molar-refractivity contribution in [2.75, 3.05) is 11.4 Å². The average molecular weight is 359 g/mol. The van der Waals surface area contributed by atoms with Crippen molar-refractivity contribution < 1.29 is 9.59 Å². The molecule has 4 nitrogen and oxygen atoms in total. The molecule has 0 aliphatic carbocycles. The molecule has 0 heterocycles. The molecule has 0 fully saturated rings. The van der Waals surface area contributed by atoms with Gasteiger partial charge in [-0.25, -0.2) is 0 Å². The molecule has 1 unspecified atom stereocenters. The number of benzene rings is 2. The van der Waals surface area contributed by atoms with E-state index in [4.69, 9.17) is 11.6 Å². The normalized spacial score (nSPS) is 11.7. The Labute approximate surface area is 153 Å². The summed E-state index contributed by atoms with van der Waals surface area (Å²) in [7, 11) is 0. The number of halogens is 1. The van der Waals surface area contributed by atoms with E-state index < -0.39 is 6.04 Å². The molecule has 2 aromatic carbocycles. The van der Waals surface area contributed by atoms with Crippen LogP contribution in [0, 0.1) is 6.92 Å². The second kappa shape index (κ2) is 8.67. The SMILES string of the molecule is CCN(C(=O)CC(NC(C)=O)c1cccc(Cl)c1)c1cccc(C)c1. The van der Waals surface area contributed by atoms with Crippen LogP contribution in [-0.2, 0) is 9.59 Å². The fourth-order valence-electron chi connectivity index (χ4n) is 2.80. The summed E-state index contributed by atoms with van der Waals surface area (Å²) in [6.45, 7) is 5.94. The summed E-state index contributed by atoms with van der Waals surface area (Å²) >= 11 is 6.06. The Morgan fingerprint density at radius 1 is 1.16 bits per heavy atom. The van der Waals surface area contributed by atoms with E-state index in [0.29, 0.717) is 11.6 Å². The van der Waals surface area contributed by atoms with E-state index in [1.807, 2.05) is 50.2 Å². The monoisotopic (exact) mass is 358 g/mol. The van der Waals surface area contributed by atoms with Gasteiger partial charge in [-0.05, 0) is 49.2 Å². The maximum absolute atomic E-state index is 12.9. The number of carbonyl (C=O) groups excluding carboxylic acids is 2. The maximum Gasteiger partial charge on any atom is 0.229 e. The van der Waals surface area contributed by atoms with Gasteiger partial charge in [0.05, 0.1) is 12.5 Å². The molecule has 2 amide bonds. The van der Waals surface area contributed by atoms with Crippen LogP contribution in [0.25, 0.3) is 0 Å². The first kappa shape index (κ1) is 19.0. The molecule has 1 atom stereocenters. The fraction of sp³-hybridized carbons (Fsp3) is 0.300. The summed E-state index contributed by atoms with van der Waals surface area (Å²) in [5.74, 6) is -0.233. The second-order valence-corrected chi connectivity index (χ2v) is 6.43. The highest BCUT2D eigenvalue weighted by Crippen LogP contribution is 2.24. The molecule has 25 heavy (non-hydrogen) atoms. The van der Waals surface area contributed by atoms with E-state index in [1.165, 1.54) is 6.92 Å². The van der Waals surface area contributed by atoms with E-state index in [0.717, 1.165) is 16.8 Å². The minimum atomic E-state index is -0.414. The zero-order chi connectivity index (χ0) is 18.4. The van der Waals surface area contributed by atoms with Crippen molar-refractivity contribution in [1.82, 2.24) is 5.32 Å². The van der Waals surface area contributed by atoms with Crippen LogP contribution in [0.2, 0.25) is 5.02 Å². The van der Waals surface area contributed by atoms with Gasteiger partial charge in [-0.1, -0.05) is 35.9 Å².